The molecule has 26 heavy (non-hydrogen) atoms. The number of ether oxygens (including phenoxy) is 1. The molecule has 6 nitrogen and oxygen atoms in total. The fourth-order valence-electron chi connectivity index (χ4n) is 3.53. The van der Waals surface area contributed by atoms with Crippen molar-refractivity contribution < 1.29 is 18.8 Å². The van der Waals surface area contributed by atoms with E-state index in [0.717, 1.165) is 48.5 Å². The molecule has 138 valence electrons. The normalized spacial score (nSPS) is 24.9. The van der Waals surface area contributed by atoms with E-state index >= 15 is 0 Å². The first-order chi connectivity index (χ1) is 12.3. The zero-order valence-corrected chi connectivity index (χ0v) is 15.8. The van der Waals surface area contributed by atoms with E-state index in [-0.39, 0.29) is 6.23 Å². The highest BCUT2D eigenvalue weighted by Crippen LogP contribution is 2.37. The van der Waals surface area contributed by atoms with Gasteiger partial charge in [-0.15, -0.1) is 0 Å². The van der Waals surface area contributed by atoms with Gasteiger partial charge >= 0.3 is 7.12 Å². The number of fused-ring (bicyclic) bond motifs is 1. The molecule has 1 aromatic carbocycles. The monoisotopic (exact) mass is 356 g/mol. The smallest absolute Gasteiger partial charge is 0.399 e. The minimum atomic E-state index is -0.460. The number of carbonyl (C=O) groups excluding carboxylic acids is 1. The summed E-state index contributed by atoms with van der Waals surface area (Å²) in [5, 5.41) is 5.31. The van der Waals surface area contributed by atoms with Crippen molar-refractivity contribution >= 4 is 29.8 Å². The summed E-state index contributed by atoms with van der Waals surface area (Å²) in [6.07, 6.45) is 3.78. The van der Waals surface area contributed by atoms with Gasteiger partial charge in [0.2, 0.25) is 0 Å². The lowest BCUT2D eigenvalue weighted by Gasteiger charge is -2.32. The van der Waals surface area contributed by atoms with E-state index in [4.69, 9.17) is 14.0 Å². The summed E-state index contributed by atoms with van der Waals surface area (Å²) in [6.45, 7) is 8.84. The Morgan fingerprint density at radius 2 is 1.92 bits per heavy atom. The summed E-state index contributed by atoms with van der Waals surface area (Å²) >= 11 is 0. The van der Waals surface area contributed by atoms with Gasteiger partial charge in [-0.25, -0.2) is 4.68 Å². The second-order valence-corrected chi connectivity index (χ2v) is 8.13. The molecule has 2 aliphatic heterocycles. The summed E-state index contributed by atoms with van der Waals surface area (Å²) in [5.41, 5.74) is 1.41. The second kappa shape index (κ2) is 6.18. The first-order valence-corrected chi connectivity index (χ1v) is 9.27. The highest BCUT2D eigenvalue weighted by atomic mass is 16.7. The predicted octanol–water partition coefficient (Wildman–Crippen LogP) is 2.85. The Balaban J connectivity index is 1.73. The Morgan fingerprint density at radius 1 is 1.19 bits per heavy atom. The number of aldehydes is 1. The van der Waals surface area contributed by atoms with E-state index in [1.807, 2.05) is 50.6 Å². The van der Waals surface area contributed by atoms with Crippen molar-refractivity contribution in [2.75, 3.05) is 6.61 Å². The molecule has 0 saturated carbocycles. The molecule has 3 heterocycles. The van der Waals surface area contributed by atoms with Crippen LogP contribution < -0.4 is 5.46 Å². The molecule has 7 heteroatoms. The van der Waals surface area contributed by atoms with E-state index in [1.165, 1.54) is 0 Å². The van der Waals surface area contributed by atoms with Gasteiger partial charge in [-0.3, -0.25) is 4.79 Å². The van der Waals surface area contributed by atoms with Crippen LogP contribution in [0.25, 0.3) is 10.9 Å². The van der Waals surface area contributed by atoms with Crippen LogP contribution in [0.4, 0.5) is 0 Å². The number of hydrogen-bond acceptors (Lipinski definition) is 5. The lowest BCUT2D eigenvalue weighted by Crippen LogP contribution is -2.41. The van der Waals surface area contributed by atoms with Gasteiger partial charge in [0.25, 0.3) is 0 Å². The fraction of sp³-hybridized carbons (Fsp3) is 0.579. The molecule has 0 N–H and O–H groups in total. The van der Waals surface area contributed by atoms with Gasteiger partial charge in [-0.1, -0.05) is 12.1 Å². The van der Waals surface area contributed by atoms with Crippen molar-refractivity contribution in [3.8, 4) is 0 Å². The Bertz CT molecular complexity index is 823. The molecule has 4 rings (SSSR count). The van der Waals surface area contributed by atoms with E-state index in [1.54, 1.807) is 0 Å². The zero-order valence-electron chi connectivity index (χ0n) is 15.8. The standard InChI is InChI=1S/C19H25BN2O4/c1-18(2)19(3,4)26-20(25-18)13-8-9-16-14(11-13)15(12-23)21-22(16)17-7-5-6-10-24-17/h8-9,11-12,17H,5-7,10H2,1-4H3/t17-/m1/s1. The third-order valence-electron chi connectivity index (χ3n) is 5.82. The highest BCUT2D eigenvalue weighted by molar-refractivity contribution is 6.62. The van der Waals surface area contributed by atoms with Crippen LogP contribution in [0.15, 0.2) is 18.2 Å². The van der Waals surface area contributed by atoms with Crippen molar-refractivity contribution in [2.45, 2.75) is 64.4 Å². The van der Waals surface area contributed by atoms with E-state index < -0.39 is 18.3 Å². The van der Waals surface area contributed by atoms with Gasteiger partial charge < -0.3 is 14.0 Å². The molecule has 0 aliphatic carbocycles. The molecule has 2 saturated heterocycles. The lowest BCUT2D eigenvalue weighted by atomic mass is 9.78. The number of rotatable bonds is 3. The van der Waals surface area contributed by atoms with Gasteiger partial charge in [-0.2, -0.15) is 5.10 Å². The molecule has 1 atom stereocenters. The Labute approximate surface area is 153 Å². The van der Waals surface area contributed by atoms with Crippen LogP contribution in [0.3, 0.4) is 0 Å². The van der Waals surface area contributed by atoms with Gasteiger partial charge in [-0.05, 0) is 58.5 Å². The van der Waals surface area contributed by atoms with Crippen LogP contribution in [0.5, 0.6) is 0 Å². The first-order valence-electron chi connectivity index (χ1n) is 9.27. The van der Waals surface area contributed by atoms with Crippen LogP contribution >= 0.6 is 0 Å². The maximum Gasteiger partial charge on any atom is 0.494 e. The molecule has 2 aliphatic rings. The topological polar surface area (TPSA) is 62.6 Å². The number of carbonyl (C=O) groups is 1. The van der Waals surface area contributed by atoms with Crippen molar-refractivity contribution in [2.24, 2.45) is 0 Å². The van der Waals surface area contributed by atoms with Crippen LogP contribution in [-0.4, -0.2) is 41.0 Å². The molecule has 0 radical (unpaired) electrons. The van der Waals surface area contributed by atoms with E-state index in [2.05, 4.69) is 5.10 Å². The first kappa shape index (κ1) is 17.7. The molecule has 2 aromatic rings. The number of hydrogen-bond donors (Lipinski definition) is 0. The average Bonchev–Trinajstić information content (AvgIpc) is 3.09. The summed E-state index contributed by atoms with van der Waals surface area (Å²) in [7, 11) is -0.460. The maximum atomic E-state index is 11.6. The van der Waals surface area contributed by atoms with Gasteiger partial charge in [0.15, 0.2) is 12.5 Å². The van der Waals surface area contributed by atoms with Gasteiger partial charge in [0.1, 0.15) is 5.69 Å². The van der Waals surface area contributed by atoms with Crippen molar-refractivity contribution in [1.82, 2.24) is 9.78 Å². The van der Waals surface area contributed by atoms with Crippen LogP contribution in [0.1, 0.15) is 63.7 Å². The zero-order chi connectivity index (χ0) is 18.5. The Hall–Kier alpha value is -1.70. The molecular formula is C19H25BN2O4. The lowest BCUT2D eigenvalue weighted by molar-refractivity contribution is -0.0367. The summed E-state index contributed by atoms with van der Waals surface area (Å²) in [6, 6.07) is 5.92. The molecular weight excluding hydrogens is 331 g/mol. The third-order valence-corrected chi connectivity index (χ3v) is 5.82. The van der Waals surface area contributed by atoms with Gasteiger partial charge in [0.05, 0.1) is 16.7 Å². The maximum absolute atomic E-state index is 11.6. The molecule has 0 bridgehead atoms. The summed E-state index contributed by atoms with van der Waals surface area (Å²) < 4.78 is 20.0. The quantitative estimate of drug-likeness (QED) is 0.625. The van der Waals surface area contributed by atoms with Crippen molar-refractivity contribution in [3.05, 3.63) is 23.9 Å². The minimum absolute atomic E-state index is 0.109. The molecule has 2 fully saturated rings. The molecule has 1 aromatic heterocycles. The van der Waals surface area contributed by atoms with Crippen molar-refractivity contribution in [3.63, 3.8) is 0 Å². The largest absolute Gasteiger partial charge is 0.494 e. The second-order valence-electron chi connectivity index (χ2n) is 8.13. The van der Waals surface area contributed by atoms with Crippen LogP contribution in [0.2, 0.25) is 0 Å². The molecule has 0 unspecified atom stereocenters. The third kappa shape index (κ3) is 2.78. The summed E-state index contributed by atoms with van der Waals surface area (Å²) in [4.78, 5) is 11.6. The minimum Gasteiger partial charge on any atom is -0.399 e. The van der Waals surface area contributed by atoms with Crippen LogP contribution in [-0.2, 0) is 14.0 Å². The Kier molecular flexibility index (Phi) is 4.21. The highest BCUT2D eigenvalue weighted by Gasteiger charge is 2.51. The number of nitrogens with zero attached hydrogens (tertiary/aromatic N) is 2. The molecule has 0 spiro atoms. The Morgan fingerprint density at radius 3 is 2.54 bits per heavy atom. The predicted molar refractivity (Wildman–Crippen MR) is 99.7 cm³/mol. The van der Waals surface area contributed by atoms with E-state index in [0.29, 0.717) is 5.69 Å². The van der Waals surface area contributed by atoms with E-state index in [9.17, 15) is 4.79 Å². The fourth-order valence-corrected chi connectivity index (χ4v) is 3.53. The summed E-state index contributed by atoms with van der Waals surface area (Å²) in [5.74, 6) is 0. The average molecular weight is 356 g/mol. The van der Waals surface area contributed by atoms with Crippen molar-refractivity contribution in [1.29, 1.82) is 0 Å². The van der Waals surface area contributed by atoms with Gasteiger partial charge in [0, 0.05) is 12.0 Å². The molecule has 0 amide bonds. The van der Waals surface area contributed by atoms with Crippen LogP contribution in [0, 0.1) is 0 Å². The SMILES string of the molecule is CC1(C)OB(c2ccc3c(c2)c(C=O)nn3[C@H]2CCCCO2)OC1(C)C. The number of benzene rings is 1. The number of aromatic nitrogens is 2.